The largest absolute Gasteiger partial charge is 2.00 e. The Morgan fingerprint density at radius 3 is 0.529 bits per heavy atom. The van der Waals surface area contributed by atoms with Crippen molar-refractivity contribution in [2.45, 2.75) is 236 Å². The zero-order valence-corrected chi connectivity index (χ0v) is 50.5. The van der Waals surface area contributed by atoms with E-state index < -0.39 is 0 Å². The summed E-state index contributed by atoms with van der Waals surface area (Å²) in [4.78, 5) is 4.20. The SMILES string of the molecule is CN(Cc1cc(C(C)(C)C)cc(C(C)(C)C)c1[O-])Cc1cc(C(C)(C)C)cc(C(C)(C)C)c1[O-].CN(Cc1cc(C(C)(C)C)cc(C(C)(C)C)c1[O-])Cc1cc(C(C)(C)C)cc(C(C)(C)C)c1[O-].[Cu+2].[Cu+2]. The van der Waals surface area contributed by atoms with Gasteiger partial charge in [-0.2, -0.15) is 0 Å². The zero-order valence-electron chi connectivity index (χ0n) is 48.6. The molecular weight excluding hydrogens is 964 g/mol. The summed E-state index contributed by atoms with van der Waals surface area (Å²) in [6, 6.07) is 16.6. The zero-order chi connectivity index (χ0) is 52.9. The number of hydrogen-bond acceptors (Lipinski definition) is 6. The smallest absolute Gasteiger partial charge is 0.872 e. The van der Waals surface area contributed by atoms with Gasteiger partial charge in [-0.1, -0.05) is 215 Å². The van der Waals surface area contributed by atoms with Gasteiger partial charge >= 0.3 is 34.1 Å². The average molecular weight is 1060 g/mol. The van der Waals surface area contributed by atoms with E-state index in [1.165, 1.54) is 22.3 Å². The van der Waals surface area contributed by atoms with Crippen LogP contribution in [0.4, 0.5) is 0 Å². The number of rotatable bonds is 8. The van der Waals surface area contributed by atoms with Crippen molar-refractivity contribution < 1.29 is 54.6 Å². The van der Waals surface area contributed by atoms with Gasteiger partial charge in [0.1, 0.15) is 0 Å². The van der Waals surface area contributed by atoms with Crippen LogP contribution in [0.2, 0.25) is 0 Å². The normalized spacial score (nSPS) is 13.2. The van der Waals surface area contributed by atoms with Crippen LogP contribution in [-0.4, -0.2) is 23.9 Å². The first kappa shape index (κ1) is 65.1. The van der Waals surface area contributed by atoms with Gasteiger partial charge in [0.2, 0.25) is 0 Å². The van der Waals surface area contributed by atoms with Gasteiger partial charge in [0.15, 0.2) is 0 Å². The first-order chi connectivity index (χ1) is 30.2. The quantitative estimate of drug-likeness (QED) is 0.163. The number of hydrogen-bond donors (Lipinski definition) is 0. The third kappa shape index (κ3) is 17.1. The Balaban J connectivity index is 0.000000681. The molecule has 0 aromatic heterocycles. The van der Waals surface area contributed by atoms with Crippen molar-refractivity contribution in [1.82, 2.24) is 9.80 Å². The molecule has 0 aliphatic rings. The van der Waals surface area contributed by atoms with Crippen LogP contribution in [0.25, 0.3) is 0 Å². The summed E-state index contributed by atoms with van der Waals surface area (Å²) in [5.41, 5.74) is 10.2. The molecule has 0 amide bonds. The molecule has 4 rings (SSSR count). The fourth-order valence-corrected chi connectivity index (χ4v) is 8.46. The van der Waals surface area contributed by atoms with Gasteiger partial charge < -0.3 is 20.4 Å². The molecule has 0 heterocycles. The van der Waals surface area contributed by atoms with Crippen LogP contribution < -0.4 is 20.4 Å². The summed E-state index contributed by atoms with van der Waals surface area (Å²) < 4.78 is 0. The van der Waals surface area contributed by atoms with Crippen molar-refractivity contribution >= 4 is 0 Å². The van der Waals surface area contributed by atoms with Gasteiger partial charge in [-0.15, -0.1) is 23.0 Å². The van der Waals surface area contributed by atoms with Crippen molar-refractivity contribution in [3.05, 3.63) is 115 Å². The topological polar surface area (TPSA) is 98.7 Å². The van der Waals surface area contributed by atoms with Crippen LogP contribution in [0.1, 0.15) is 233 Å². The van der Waals surface area contributed by atoms with Gasteiger partial charge in [0.25, 0.3) is 0 Å². The van der Waals surface area contributed by atoms with E-state index in [1.54, 1.807) is 0 Å². The molecule has 0 aliphatic heterocycles. The molecule has 2 radical (unpaired) electrons. The second-order valence-electron chi connectivity index (χ2n) is 28.4. The second kappa shape index (κ2) is 22.7. The summed E-state index contributed by atoms with van der Waals surface area (Å²) >= 11 is 0. The van der Waals surface area contributed by atoms with Gasteiger partial charge in [-0.25, -0.2) is 0 Å². The molecule has 0 fully saturated rings. The summed E-state index contributed by atoms with van der Waals surface area (Å²) in [5, 5.41) is 53.7. The first-order valence-electron chi connectivity index (χ1n) is 25.0. The minimum atomic E-state index is -0.226. The van der Waals surface area contributed by atoms with Crippen LogP contribution in [0.5, 0.6) is 23.0 Å². The average Bonchev–Trinajstić information content (AvgIpc) is 3.11. The Kier molecular flexibility index (Phi) is 21.1. The van der Waals surface area contributed by atoms with Crippen molar-refractivity contribution in [3.8, 4) is 23.0 Å². The Labute approximate surface area is 449 Å². The summed E-state index contributed by atoms with van der Waals surface area (Å²) in [5.74, 6) is 0.476. The molecule has 0 N–H and O–H groups in total. The minimum absolute atomic E-state index is 0. The van der Waals surface area contributed by atoms with E-state index in [0.29, 0.717) is 26.2 Å². The van der Waals surface area contributed by atoms with Gasteiger partial charge in [0, 0.05) is 26.2 Å². The molecule has 0 unspecified atom stereocenters. The molecule has 0 saturated carbocycles. The van der Waals surface area contributed by atoms with E-state index in [1.807, 2.05) is 14.1 Å². The summed E-state index contributed by atoms with van der Waals surface area (Å²) in [6.07, 6.45) is 0. The molecule has 0 spiro atoms. The molecule has 0 atom stereocenters. The molecule has 398 valence electrons. The Morgan fingerprint density at radius 1 is 0.271 bits per heavy atom. The predicted molar refractivity (Wildman–Crippen MR) is 283 cm³/mol. The van der Waals surface area contributed by atoms with E-state index in [9.17, 15) is 20.4 Å². The molecular formula is C62H94Cu2N2O4. The van der Waals surface area contributed by atoms with Crippen molar-refractivity contribution in [2.24, 2.45) is 0 Å². The van der Waals surface area contributed by atoms with Crippen LogP contribution in [0.15, 0.2) is 48.5 Å². The Hall–Kier alpha value is -2.96. The molecule has 0 bridgehead atoms. The van der Waals surface area contributed by atoms with E-state index in [0.717, 1.165) is 44.5 Å². The van der Waals surface area contributed by atoms with Crippen LogP contribution in [0, 0.1) is 0 Å². The summed E-state index contributed by atoms with van der Waals surface area (Å²) in [7, 11) is 4.00. The Bertz CT molecular complexity index is 2060. The number of benzene rings is 4. The maximum absolute atomic E-state index is 13.4. The molecule has 4 aromatic rings. The molecule has 0 saturated heterocycles. The van der Waals surface area contributed by atoms with E-state index in [2.05, 4.69) is 225 Å². The van der Waals surface area contributed by atoms with Crippen LogP contribution >= 0.6 is 0 Å². The van der Waals surface area contributed by atoms with Gasteiger partial charge in [-0.3, -0.25) is 9.80 Å². The predicted octanol–water partition coefficient (Wildman–Crippen LogP) is 13.3. The third-order valence-corrected chi connectivity index (χ3v) is 13.1. The molecule has 4 aromatic carbocycles. The molecule has 6 nitrogen and oxygen atoms in total. The maximum atomic E-state index is 13.4. The summed E-state index contributed by atoms with van der Waals surface area (Å²) in [6.45, 7) is 53.4. The van der Waals surface area contributed by atoms with Crippen molar-refractivity contribution in [2.75, 3.05) is 14.1 Å². The monoisotopic (exact) mass is 1060 g/mol. The second-order valence-corrected chi connectivity index (χ2v) is 28.4. The third-order valence-electron chi connectivity index (χ3n) is 13.1. The van der Waals surface area contributed by atoms with Crippen LogP contribution in [0.3, 0.4) is 0 Å². The standard InChI is InChI=1S/2C31H49NO2.2Cu/c2*1-28(2,3)22-14-20(26(33)24(16-22)30(7,8)9)18-32(13)19-21-15-23(29(4,5)6)17-25(27(21)34)31(10,11)12;;/h2*14-17,33-34H,18-19H2,1-13H3;;/q;;2*+2/p-4. The van der Waals surface area contributed by atoms with Crippen molar-refractivity contribution in [1.29, 1.82) is 0 Å². The van der Waals surface area contributed by atoms with E-state index in [-0.39, 0.29) is 100 Å². The maximum Gasteiger partial charge on any atom is 2.00 e. The van der Waals surface area contributed by atoms with Crippen LogP contribution in [-0.2, 0) is 104 Å². The van der Waals surface area contributed by atoms with Crippen molar-refractivity contribution in [3.63, 3.8) is 0 Å². The molecule has 70 heavy (non-hydrogen) atoms. The number of nitrogens with zero attached hydrogens (tertiary/aromatic N) is 2. The molecule has 0 aliphatic carbocycles. The fraction of sp³-hybridized carbons (Fsp3) is 0.613. The fourth-order valence-electron chi connectivity index (χ4n) is 8.46. The minimum Gasteiger partial charge on any atom is -0.872 e. The van der Waals surface area contributed by atoms with E-state index >= 15 is 0 Å². The first-order valence-corrected chi connectivity index (χ1v) is 25.0. The van der Waals surface area contributed by atoms with Gasteiger partial charge in [-0.05, 0) is 124 Å². The van der Waals surface area contributed by atoms with Gasteiger partial charge in [0.05, 0.1) is 0 Å². The van der Waals surface area contributed by atoms with E-state index in [4.69, 9.17) is 0 Å². The Morgan fingerprint density at radius 2 is 0.414 bits per heavy atom. The molecule has 8 heteroatoms.